The molecule has 1 saturated heterocycles. The number of benzene rings is 1. The van der Waals surface area contributed by atoms with E-state index in [9.17, 15) is 9.90 Å². The molecule has 1 unspecified atom stereocenters. The van der Waals surface area contributed by atoms with Crippen molar-refractivity contribution in [1.82, 2.24) is 25.1 Å². The molecule has 1 atom stereocenters. The first-order valence-corrected chi connectivity index (χ1v) is 7.37. The van der Waals surface area contributed by atoms with Gasteiger partial charge in [0.05, 0.1) is 13.1 Å². The number of amides is 1. The fourth-order valence-corrected chi connectivity index (χ4v) is 2.81. The summed E-state index contributed by atoms with van der Waals surface area (Å²) in [5.41, 5.74) is -0.0802. The molecule has 7 heteroatoms. The molecule has 116 valence electrons. The molecule has 1 fully saturated rings. The number of aryl methyl sites for hydroxylation is 2. The van der Waals surface area contributed by atoms with Crippen LogP contribution in [0, 0.1) is 6.92 Å². The van der Waals surface area contributed by atoms with Crippen molar-refractivity contribution in [1.29, 1.82) is 0 Å². The van der Waals surface area contributed by atoms with Crippen molar-refractivity contribution in [2.75, 3.05) is 13.1 Å². The van der Waals surface area contributed by atoms with E-state index in [0.717, 1.165) is 5.56 Å². The number of nitrogens with zero attached hydrogens (tertiary/aromatic N) is 5. The van der Waals surface area contributed by atoms with E-state index in [0.29, 0.717) is 38.3 Å². The van der Waals surface area contributed by atoms with Crippen LogP contribution in [0.5, 0.6) is 0 Å². The number of β-amino-alcohol motifs (C(OH)–C–C–N with tert-alkyl or cyclic N) is 1. The van der Waals surface area contributed by atoms with Gasteiger partial charge in [0.15, 0.2) is 0 Å². The number of hydrogen-bond donors (Lipinski definition) is 1. The Morgan fingerprint density at radius 1 is 1.36 bits per heavy atom. The third-order valence-electron chi connectivity index (χ3n) is 4.16. The summed E-state index contributed by atoms with van der Waals surface area (Å²) in [6, 6.07) is 9.52. The van der Waals surface area contributed by atoms with E-state index in [-0.39, 0.29) is 5.91 Å². The Bertz CT molecular complexity index is 657. The van der Waals surface area contributed by atoms with Gasteiger partial charge in [-0.3, -0.25) is 4.79 Å². The topological polar surface area (TPSA) is 84.1 Å². The second-order valence-electron chi connectivity index (χ2n) is 5.66. The number of carbonyl (C=O) groups is 1. The maximum Gasteiger partial charge on any atom is 0.224 e. The van der Waals surface area contributed by atoms with Gasteiger partial charge in [0, 0.05) is 13.0 Å². The molecule has 0 spiro atoms. The first kappa shape index (κ1) is 14.6. The average molecular weight is 301 g/mol. The number of tetrazole rings is 1. The van der Waals surface area contributed by atoms with Crippen LogP contribution in [0.4, 0.5) is 0 Å². The van der Waals surface area contributed by atoms with Gasteiger partial charge in [-0.2, -0.15) is 0 Å². The summed E-state index contributed by atoms with van der Waals surface area (Å²) in [4.78, 5) is 14.0. The van der Waals surface area contributed by atoms with Crippen LogP contribution in [-0.4, -0.2) is 49.2 Å². The highest BCUT2D eigenvalue weighted by atomic mass is 16.3. The standard InChI is InChI=1S/C15H19N5O2/c1-12-16-17-18-20(12)9-7-14(21)19-10-8-15(22,11-19)13-5-3-2-4-6-13/h2-6,22H,7-11H2,1H3. The van der Waals surface area contributed by atoms with Gasteiger partial charge >= 0.3 is 0 Å². The Kier molecular flexibility index (Phi) is 3.89. The zero-order valence-electron chi connectivity index (χ0n) is 12.5. The lowest BCUT2D eigenvalue weighted by molar-refractivity contribution is -0.131. The number of carbonyl (C=O) groups excluding carboxylic acids is 1. The van der Waals surface area contributed by atoms with Crippen LogP contribution in [0.15, 0.2) is 30.3 Å². The fourth-order valence-electron chi connectivity index (χ4n) is 2.81. The minimum absolute atomic E-state index is 0.0155. The molecule has 1 amide bonds. The Labute approximate surface area is 128 Å². The Morgan fingerprint density at radius 3 is 2.82 bits per heavy atom. The molecule has 0 bridgehead atoms. The molecular formula is C15H19N5O2. The summed E-state index contributed by atoms with van der Waals surface area (Å²) in [5.74, 6) is 0.705. The summed E-state index contributed by atoms with van der Waals surface area (Å²) in [5, 5.41) is 21.9. The minimum Gasteiger partial charge on any atom is -0.383 e. The Morgan fingerprint density at radius 2 is 2.14 bits per heavy atom. The zero-order valence-corrected chi connectivity index (χ0v) is 12.5. The molecule has 2 heterocycles. The van der Waals surface area contributed by atoms with Gasteiger partial charge in [0.25, 0.3) is 0 Å². The highest BCUT2D eigenvalue weighted by Crippen LogP contribution is 2.31. The molecule has 3 rings (SSSR count). The van der Waals surface area contributed by atoms with Gasteiger partial charge in [-0.25, -0.2) is 4.68 Å². The third kappa shape index (κ3) is 2.85. The predicted molar refractivity (Wildman–Crippen MR) is 78.7 cm³/mol. The number of rotatable bonds is 4. The van der Waals surface area contributed by atoms with Crippen molar-refractivity contribution >= 4 is 5.91 Å². The van der Waals surface area contributed by atoms with Gasteiger partial charge in [0.1, 0.15) is 11.4 Å². The van der Waals surface area contributed by atoms with E-state index in [1.54, 1.807) is 16.5 Å². The average Bonchev–Trinajstić information content (AvgIpc) is 3.13. The maximum absolute atomic E-state index is 12.3. The largest absolute Gasteiger partial charge is 0.383 e. The number of hydrogen-bond acceptors (Lipinski definition) is 5. The van der Waals surface area contributed by atoms with E-state index < -0.39 is 5.60 Å². The van der Waals surface area contributed by atoms with Crippen LogP contribution in [0.2, 0.25) is 0 Å². The van der Waals surface area contributed by atoms with Crippen LogP contribution in [0.1, 0.15) is 24.2 Å². The van der Waals surface area contributed by atoms with Gasteiger partial charge in [-0.05, 0) is 29.3 Å². The molecule has 22 heavy (non-hydrogen) atoms. The van der Waals surface area contributed by atoms with Gasteiger partial charge in [-0.1, -0.05) is 30.3 Å². The second-order valence-corrected chi connectivity index (χ2v) is 5.66. The van der Waals surface area contributed by atoms with Crippen molar-refractivity contribution in [2.45, 2.75) is 31.9 Å². The monoisotopic (exact) mass is 301 g/mol. The molecule has 1 aromatic carbocycles. The quantitative estimate of drug-likeness (QED) is 0.888. The SMILES string of the molecule is Cc1nnnn1CCC(=O)N1CCC(O)(c2ccccc2)C1. The van der Waals surface area contributed by atoms with Crippen molar-refractivity contribution in [3.8, 4) is 0 Å². The van der Waals surface area contributed by atoms with Gasteiger partial charge < -0.3 is 10.0 Å². The second kappa shape index (κ2) is 5.84. The van der Waals surface area contributed by atoms with E-state index in [1.165, 1.54) is 0 Å². The lowest BCUT2D eigenvalue weighted by Crippen LogP contribution is -2.34. The van der Waals surface area contributed by atoms with Crippen LogP contribution >= 0.6 is 0 Å². The highest BCUT2D eigenvalue weighted by molar-refractivity contribution is 5.76. The lowest BCUT2D eigenvalue weighted by atomic mass is 9.93. The molecule has 0 aliphatic carbocycles. The van der Waals surface area contributed by atoms with Crippen LogP contribution < -0.4 is 0 Å². The molecule has 7 nitrogen and oxygen atoms in total. The Hall–Kier alpha value is -2.28. The highest BCUT2D eigenvalue weighted by Gasteiger charge is 2.39. The Balaban J connectivity index is 1.60. The molecule has 1 aliphatic heterocycles. The summed E-state index contributed by atoms with van der Waals surface area (Å²) in [6.45, 7) is 3.16. The summed E-state index contributed by atoms with van der Waals surface area (Å²) in [7, 11) is 0. The van der Waals surface area contributed by atoms with Crippen LogP contribution in [0.25, 0.3) is 0 Å². The maximum atomic E-state index is 12.3. The predicted octanol–water partition coefficient (Wildman–Crippen LogP) is 0.492. The van der Waals surface area contributed by atoms with Gasteiger partial charge in [-0.15, -0.1) is 5.10 Å². The van der Waals surface area contributed by atoms with E-state index in [2.05, 4.69) is 15.5 Å². The zero-order chi connectivity index (χ0) is 15.6. The molecule has 1 aliphatic rings. The summed E-state index contributed by atoms with van der Waals surface area (Å²) < 4.78 is 1.61. The third-order valence-corrected chi connectivity index (χ3v) is 4.16. The van der Waals surface area contributed by atoms with Crippen LogP contribution in [-0.2, 0) is 16.9 Å². The van der Waals surface area contributed by atoms with Gasteiger partial charge in [0.2, 0.25) is 5.91 Å². The van der Waals surface area contributed by atoms with Crippen molar-refractivity contribution in [3.05, 3.63) is 41.7 Å². The molecule has 0 saturated carbocycles. The molecule has 1 N–H and O–H groups in total. The summed E-state index contributed by atoms with van der Waals surface area (Å²) >= 11 is 0. The lowest BCUT2D eigenvalue weighted by Gasteiger charge is -2.24. The van der Waals surface area contributed by atoms with Crippen molar-refractivity contribution in [3.63, 3.8) is 0 Å². The smallest absolute Gasteiger partial charge is 0.224 e. The van der Waals surface area contributed by atoms with Crippen molar-refractivity contribution in [2.24, 2.45) is 0 Å². The van der Waals surface area contributed by atoms with E-state index in [4.69, 9.17) is 0 Å². The van der Waals surface area contributed by atoms with Crippen LogP contribution in [0.3, 0.4) is 0 Å². The van der Waals surface area contributed by atoms with E-state index in [1.807, 2.05) is 30.3 Å². The van der Waals surface area contributed by atoms with E-state index >= 15 is 0 Å². The molecule has 1 aromatic heterocycles. The molecule has 2 aromatic rings. The molecule has 0 radical (unpaired) electrons. The molecular weight excluding hydrogens is 282 g/mol. The fraction of sp³-hybridized carbons (Fsp3) is 0.467. The summed E-state index contributed by atoms with van der Waals surface area (Å²) in [6.07, 6.45) is 0.892. The number of aliphatic hydroxyl groups is 1. The minimum atomic E-state index is -0.943. The van der Waals surface area contributed by atoms with Crippen molar-refractivity contribution < 1.29 is 9.90 Å². The first-order chi connectivity index (χ1) is 10.6. The number of aromatic nitrogens is 4. The normalized spacial score (nSPS) is 21.3. The first-order valence-electron chi connectivity index (χ1n) is 7.37. The number of likely N-dealkylation sites (tertiary alicyclic amines) is 1.